The van der Waals surface area contributed by atoms with Crippen LogP contribution in [0.3, 0.4) is 0 Å². The lowest BCUT2D eigenvalue weighted by molar-refractivity contribution is 0.312. The summed E-state index contributed by atoms with van der Waals surface area (Å²) in [6, 6.07) is 14.8. The molecule has 0 spiro atoms. The van der Waals surface area contributed by atoms with Gasteiger partial charge in [0, 0.05) is 55.6 Å². The molecule has 0 aliphatic carbocycles. The van der Waals surface area contributed by atoms with Crippen molar-refractivity contribution >= 4 is 47.5 Å². The van der Waals surface area contributed by atoms with Crippen LogP contribution in [0, 0.1) is 0 Å². The van der Waals surface area contributed by atoms with Gasteiger partial charge in [0.1, 0.15) is 5.82 Å². The van der Waals surface area contributed by atoms with Crippen LogP contribution in [0.4, 0.5) is 5.82 Å². The second-order valence-electron chi connectivity index (χ2n) is 7.63. The van der Waals surface area contributed by atoms with E-state index in [4.69, 9.17) is 4.99 Å². The van der Waals surface area contributed by atoms with Gasteiger partial charge in [0.15, 0.2) is 5.96 Å². The van der Waals surface area contributed by atoms with Gasteiger partial charge in [-0.3, -0.25) is 0 Å². The van der Waals surface area contributed by atoms with E-state index in [2.05, 4.69) is 88.8 Å². The van der Waals surface area contributed by atoms with Crippen LogP contribution >= 0.6 is 35.7 Å². The van der Waals surface area contributed by atoms with Crippen molar-refractivity contribution in [3.8, 4) is 0 Å². The van der Waals surface area contributed by atoms with E-state index in [9.17, 15) is 0 Å². The number of aromatic nitrogens is 1. The number of halogens is 1. The summed E-state index contributed by atoms with van der Waals surface area (Å²) in [5.41, 5.74) is 1.12. The van der Waals surface area contributed by atoms with E-state index in [0.29, 0.717) is 11.8 Å². The first-order chi connectivity index (χ1) is 14.6. The Morgan fingerprint density at radius 3 is 2.48 bits per heavy atom. The molecular weight excluding hydrogens is 519 g/mol. The van der Waals surface area contributed by atoms with Gasteiger partial charge in [0.05, 0.1) is 6.54 Å². The number of aliphatic imine (C=N–C) groups is 1. The lowest BCUT2D eigenvalue weighted by Gasteiger charge is -2.33. The number of piperazine rings is 1. The zero-order valence-electron chi connectivity index (χ0n) is 18.8. The van der Waals surface area contributed by atoms with Crippen molar-refractivity contribution in [1.29, 1.82) is 0 Å². The standard InChI is InChI=1S/C23H34N6S.HI/c1-4-24-23(26-16-19(2)30-21-8-6-5-7-9-21)27-18-20-10-11-22(25-17-20)29-14-12-28(3)13-15-29;/h5-11,17,19H,4,12-16,18H2,1-3H3,(H2,24,26,27);1H. The maximum Gasteiger partial charge on any atom is 0.191 e. The number of thioether (sulfide) groups is 1. The summed E-state index contributed by atoms with van der Waals surface area (Å²) in [6.45, 7) is 10.9. The van der Waals surface area contributed by atoms with Gasteiger partial charge in [0.25, 0.3) is 0 Å². The number of nitrogens with zero attached hydrogens (tertiary/aromatic N) is 4. The summed E-state index contributed by atoms with van der Waals surface area (Å²) in [5.74, 6) is 1.91. The van der Waals surface area contributed by atoms with E-state index in [1.54, 1.807) is 0 Å². The Labute approximate surface area is 208 Å². The van der Waals surface area contributed by atoms with Gasteiger partial charge in [-0.1, -0.05) is 31.2 Å². The van der Waals surface area contributed by atoms with E-state index in [1.165, 1.54) is 4.90 Å². The third-order valence-corrected chi connectivity index (χ3v) is 6.15. The number of hydrogen-bond donors (Lipinski definition) is 2. The predicted molar refractivity (Wildman–Crippen MR) is 144 cm³/mol. The van der Waals surface area contributed by atoms with Crippen LogP contribution < -0.4 is 15.5 Å². The number of nitrogens with one attached hydrogen (secondary N) is 2. The Morgan fingerprint density at radius 1 is 1.10 bits per heavy atom. The second kappa shape index (κ2) is 13.8. The summed E-state index contributed by atoms with van der Waals surface area (Å²) >= 11 is 1.87. The second-order valence-corrected chi connectivity index (χ2v) is 9.14. The van der Waals surface area contributed by atoms with Crippen molar-refractivity contribution in [2.45, 2.75) is 30.5 Å². The Kier molecular flexibility index (Phi) is 11.5. The van der Waals surface area contributed by atoms with Crippen LogP contribution in [0.15, 0.2) is 58.5 Å². The van der Waals surface area contributed by atoms with Crippen LogP contribution in [-0.2, 0) is 6.54 Å². The van der Waals surface area contributed by atoms with Gasteiger partial charge in [-0.15, -0.1) is 35.7 Å². The molecule has 170 valence electrons. The van der Waals surface area contributed by atoms with Crippen LogP contribution in [0.1, 0.15) is 19.4 Å². The summed E-state index contributed by atoms with van der Waals surface area (Å²) < 4.78 is 0. The molecule has 2 heterocycles. The molecule has 1 unspecified atom stereocenters. The van der Waals surface area contributed by atoms with E-state index in [-0.39, 0.29) is 24.0 Å². The van der Waals surface area contributed by atoms with Gasteiger partial charge < -0.3 is 20.4 Å². The Bertz CT molecular complexity index is 778. The molecule has 0 radical (unpaired) electrons. The van der Waals surface area contributed by atoms with E-state index < -0.39 is 0 Å². The molecule has 0 amide bonds. The summed E-state index contributed by atoms with van der Waals surface area (Å²) in [7, 11) is 2.17. The SMILES string of the molecule is CCNC(=NCc1ccc(N2CCN(C)CC2)nc1)NCC(C)Sc1ccccc1.I. The van der Waals surface area contributed by atoms with Crippen LogP contribution in [-0.4, -0.2) is 67.4 Å². The number of hydrogen-bond acceptors (Lipinski definition) is 5. The number of likely N-dealkylation sites (N-methyl/N-ethyl adjacent to an activating group) is 1. The molecule has 1 aliphatic heterocycles. The van der Waals surface area contributed by atoms with Crippen molar-refractivity contribution in [3.05, 3.63) is 54.2 Å². The number of rotatable bonds is 8. The van der Waals surface area contributed by atoms with Gasteiger partial charge in [-0.2, -0.15) is 0 Å². The molecule has 2 aromatic rings. The van der Waals surface area contributed by atoms with Crippen molar-refractivity contribution < 1.29 is 0 Å². The molecule has 1 saturated heterocycles. The molecular formula is C23H35IN6S. The molecule has 1 fully saturated rings. The predicted octanol–water partition coefficient (Wildman–Crippen LogP) is 3.69. The third kappa shape index (κ3) is 8.86. The summed E-state index contributed by atoms with van der Waals surface area (Å²) in [5, 5.41) is 7.24. The number of anilines is 1. The molecule has 0 saturated carbocycles. The molecule has 6 nitrogen and oxygen atoms in total. The minimum absolute atomic E-state index is 0. The fourth-order valence-electron chi connectivity index (χ4n) is 3.26. The first kappa shape index (κ1) is 25.7. The Balaban J connectivity index is 0.00000341. The lowest BCUT2D eigenvalue weighted by atomic mass is 10.2. The number of guanidine groups is 1. The van der Waals surface area contributed by atoms with E-state index in [1.807, 2.05) is 18.0 Å². The van der Waals surface area contributed by atoms with Crippen LogP contribution in [0.5, 0.6) is 0 Å². The van der Waals surface area contributed by atoms with Crippen molar-refractivity contribution in [1.82, 2.24) is 20.5 Å². The minimum atomic E-state index is 0. The number of benzene rings is 1. The maximum atomic E-state index is 4.74. The third-order valence-electron chi connectivity index (χ3n) is 5.04. The Morgan fingerprint density at radius 2 is 1.84 bits per heavy atom. The van der Waals surface area contributed by atoms with Gasteiger partial charge >= 0.3 is 0 Å². The zero-order valence-corrected chi connectivity index (χ0v) is 21.9. The highest BCUT2D eigenvalue weighted by molar-refractivity contribution is 14.0. The van der Waals surface area contributed by atoms with Crippen molar-refractivity contribution in [2.24, 2.45) is 4.99 Å². The van der Waals surface area contributed by atoms with Crippen molar-refractivity contribution in [2.75, 3.05) is 51.2 Å². The zero-order chi connectivity index (χ0) is 21.2. The molecule has 1 atom stereocenters. The quantitative estimate of drug-likeness (QED) is 0.225. The minimum Gasteiger partial charge on any atom is -0.357 e. The molecule has 1 aromatic carbocycles. The average Bonchev–Trinajstić information content (AvgIpc) is 2.77. The highest BCUT2D eigenvalue weighted by Gasteiger charge is 2.15. The molecule has 0 bridgehead atoms. The molecule has 31 heavy (non-hydrogen) atoms. The monoisotopic (exact) mass is 554 g/mol. The lowest BCUT2D eigenvalue weighted by Crippen LogP contribution is -2.44. The topological polar surface area (TPSA) is 55.8 Å². The largest absolute Gasteiger partial charge is 0.357 e. The molecule has 1 aromatic heterocycles. The molecule has 2 N–H and O–H groups in total. The fraction of sp³-hybridized carbons (Fsp3) is 0.478. The average molecular weight is 555 g/mol. The van der Waals surface area contributed by atoms with Crippen LogP contribution in [0.2, 0.25) is 0 Å². The fourth-order valence-corrected chi connectivity index (χ4v) is 4.20. The first-order valence-corrected chi connectivity index (χ1v) is 11.6. The summed E-state index contributed by atoms with van der Waals surface area (Å²) in [6.07, 6.45) is 1.95. The van der Waals surface area contributed by atoms with Gasteiger partial charge in [0.2, 0.25) is 0 Å². The molecule has 3 rings (SSSR count). The summed E-state index contributed by atoms with van der Waals surface area (Å²) in [4.78, 5) is 15.4. The number of pyridine rings is 1. The van der Waals surface area contributed by atoms with Gasteiger partial charge in [-0.05, 0) is 37.7 Å². The Hall–Kier alpha value is -1.52. The maximum absolute atomic E-state index is 4.74. The van der Waals surface area contributed by atoms with E-state index >= 15 is 0 Å². The normalized spacial score (nSPS) is 15.8. The van der Waals surface area contributed by atoms with Crippen LogP contribution in [0.25, 0.3) is 0 Å². The molecule has 1 aliphatic rings. The highest BCUT2D eigenvalue weighted by Crippen LogP contribution is 2.21. The first-order valence-electron chi connectivity index (χ1n) is 10.8. The highest BCUT2D eigenvalue weighted by atomic mass is 127. The van der Waals surface area contributed by atoms with E-state index in [0.717, 1.165) is 56.6 Å². The molecule has 8 heteroatoms. The van der Waals surface area contributed by atoms with Gasteiger partial charge in [-0.25, -0.2) is 9.98 Å². The smallest absolute Gasteiger partial charge is 0.191 e. The van der Waals surface area contributed by atoms with Crippen molar-refractivity contribution in [3.63, 3.8) is 0 Å².